The van der Waals surface area contributed by atoms with Crippen LogP contribution in [0.5, 0.6) is 5.75 Å². The van der Waals surface area contributed by atoms with Crippen LogP contribution in [0, 0.1) is 13.8 Å². The summed E-state index contributed by atoms with van der Waals surface area (Å²) in [6.07, 6.45) is 3.41. The molecule has 1 amide bonds. The summed E-state index contributed by atoms with van der Waals surface area (Å²) in [7, 11) is 0. The van der Waals surface area contributed by atoms with Gasteiger partial charge < -0.3 is 9.67 Å². The predicted octanol–water partition coefficient (Wildman–Crippen LogP) is 5.64. The fraction of sp³-hybridized carbons (Fsp3) is 0.0870. The highest BCUT2D eigenvalue weighted by molar-refractivity contribution is 9.11. The first kappa shape index (κ1) is 21.3. The summed E-state index contributed by atoms with van der Waals surface area (Å²) in [5, 5.41) is 15.0. The van der Waals surface area contributed by atoms with Gasteiger partial charge in [0.25, 0.3) is 5.91 Å². The second-order valence-electron chi connectivity index (χ2n) is 7.03. The van der Waals surface area contributed by atoms with Gasteiger partial charge >= 0.3 is 0 Å². The van der Waals surface area contributed by atoms with Gasteiger partial charge in [-0.2, -0.15) is 5.10 Å². The number of aromatic nitrogens is 2. The number of nitrogens with one attached hydrogen (secondary N) is 1. The number of carbonyl (C=O) groups excluding carboxylic acids is 1. The molecular formula is C23H18Br2N4O2. The maximum atomic E-state index is 12.4. The fourth-order valence-electron chi connectivity index (χ4n) is 3.44. The summed E-state index contributed by atoms with van der Waals surface area (Å²) >= 11 is 6.44. The molecule has 0 aliphatic carbocycles. The number of aryl methyl sites for hydroxylation is 1. The zero-order valence-electron chi connectivity index (χ0n) is 16.7. The fourth-order valence-corrected chi connectivity index (χ4v) is 4.63. The Morgan fingerprint density at radius 1 is 1.13 bits per heavy atom. The van der Waals surface area contributed by atoms with E-state index in [1.165, 1.54) is 12.1 Å². The monoisotopic (exact) mass is 540 g/mol. The van der Waals surface area contributed by atoms with Crippen molar-refractivity contribution < 1.29 is 9.90 Å². The van der Waals surface area contributed by atoms with Gasteiger partial charge in [-0.1, -0.05) is 6.07 Å². The Hall–Kier alpha value is -2.97. The highest BCUT2D eigenvalue weighted by Gasteiger charge is 2.12. The number of hydrogen-bond donors (Lipinski definition) is 2. The number of pyridine rings is 1. The minimum atomic E-state index is -0.381. The standard InChI is InChI=1S/C23H18Br2N4O2/c1-13-8-17(12-27-28-23(31)16-10-19(24)22(30)20(25)11-16)14(2)29(13)18-5-6-21-15(9-18)4-3-7-26-21/h3-12,30H,1-2H3,(H,28,31)/b27-12-. The summed E-state index contributed by atoms with van der Waals surface area (Å²) < 4.78 is 2.99. The van der Waals surface area contributed by atoms with Crippen LogP contribution in [0.4, 0.5) is 0 Å². The molecule has 2 aromatic carbocycles. The van der Waals surface area contributed by atoms with Gasteiger partial charge in [-0.25, -0.2) is 5.43 Å². The normalized spacial score (nSPS) is 11.4. The number of phenolic OH excluding ortho intramolecular Hbond substituents is 1. The lowest BCUT2D eigenvalue weighted by atomic mass is 10.2. The first-order valence-corrected chi connectivity index (χ1v) is 11.0. The van der Waals surface area contributed by atoms with Crippen LogP contribution < -0.4 is 5.43 Å². The van der Waals surface area contributed by atoms with E-state index in [-0.39, 0.29) is 11.7 Å². The lowest BCUT2D eigenvalue weighted by Crippen LogP contribution is -2.17. The maximum absolute atomic E-state index is 12.4. The SMILES string of the molecule is Cc1cc(/C=N\NC(=O)c2cc(Br)c(O)c(Br)c2)c(C)n1-c1ccc2ncccc2c1. The Kier molecular flexibility index (Phi) is 5.93. The highest BCUT2D eigenvalue weighted by atomic mass is 79.9. The largest absolute Gasteiger partial charge is 0.506 e. The van der Waals surface area contributed by atoms with Gasteiger partial charge in [-0.05, 0) is 88.2 Å². The predicted molar refractivity (Wildman–Crippen MR) is 129 cm³/mol. The zero-order valence-corrected chi connectivity index (χ0v) is 19.9. The minimum absolute atomic E-state index is 0.0389. The van der Waals surface area contributed by atoms with Crippen molar-refractivity contribution in [3.8, 4) is 11.4 Å². The number of phenols is 1. The van der Waals surface area contributed by atoms with Gasteiger partial charge in [0, 0.05) is 39.8 Å². The molecule has 0 aliphatic rings. The Bertz CT molecular complexity index is 1320. The lowest BCUT2D eigenvalue weighted by molar-refractivity contribution is 0.0955. The number of nitrogens with zero attached hydrogens (tertiary/aromatic N) is 3. The Morgan fingerprint density at radius 2 is 1.87 bits per heavy atom. The third kappa shape index (κ3) is 4.26. The Balaban J connectivity index is 1.57. The van der Waals surface area contributed by atoms with E-state index in [1.807, 2.05) is 44.2 Å². The van der Waals surface area contributed by atoms with Crippen LogP contribution in [0.25, 0.3) is 16.6 Å². The van der Waals surface area contributed by atoms with Gasteiger partial charge in [0.05, 0.1) is 20.7 Å². The number of fused-ring (bicyclic) bond motifs is 1. The number of aromatic hydroxyl groups is 1. The quantitative estimate of drug-likeness (QED) is 0.259. The molecule has 4 aromatic rings. The summed E-state index contributed by atoms with van der Waals surface area (Å²) in [6, 6.07) is 15.2. The third-order valence-electron chi connectivity index (χ3n) is 4.96. The second-order valence-corrected chi connectivity index (χ2v) is 8.74. The molecule has 0 radical (unpaired) electrons. The molecule has 0 spiro atoms. The van der Waals surface area contributed by atoms with E-state index in [4.69, 9.17) is 0 Å². The topological polar surface area (TPSA) is 79.5 Å². The number of carbonyl (C=O) groups is 1. The van der Waals surface area contributed by atoms with Crippen LogP contribution in [-0.2, 0) is 0 Å². The molecule has 31 heavy (non-hydrogen) atoms. The van der Waals surface area contributed by atoms with E-state index in [0.29, 0.717) is 14.5 Å². The number of hydrogen-bond acceptors (Lipinski definition) is 4. The van der Waals surface area contributed by atoms with Crippen LogP contribution in [0.2, 0.25) is 0 Å². The summed E-state index contributed by atoms with van der Waals surface area (Å²) in [6.45, 7) is 4.04. The second kappa shape index (κ2) is 8.64. The molecule has 0 fully saturated rings. The van der Waals surface area contributed by atoms with Crippen molar-refractivity contribution in [2.45, 2.75) is 13.8 Å². The molecule has 2 N–H and O–H groups in total. The molecule has 0 aliphatic heterocycles. The summed E-state index contributed by atoms with van der Waals surface area (Å²) in [4.78, 5) is 16.8. The molecule has 2 heterocycles. The maximum Gasteiger partial charge on any atom is 0.271 e. The van der Waals surface area contributed by atoms with E-state index < -0.39 is 0 Å². The first-order valence-electron chi connectivity index (χ1n) is 9.40. The van der Waals surface area contributed by atoms with Gasteiger partial charge in [0.1, 0.15) is 5.75 Å². The van der Waals surface area contributed by atoms with Gasteiger partial charge in [0.15, 0.2) is 0 Å². The van der Waals surface area contributed by atoms with E-state index in [2.05, 4.69) is 58.0 Å². The molecular weight excluding hydrogens is 524 g/mol. The zero-order chi connectivity index (χ0) is 22.1. The minimum Gasteiger partial charge on any atom is -0.506 e. The van der Waals surface area contributed by atoms with Crippen LogP contribution in [0.15, 0.2) is 68.8 Å². The van der Waals surface area contributed by atoms with E-state index in [0.717, 1.165) is 33.5 Å². The first-order chi connectivity index (χ1) is 14.8. The number of rotatable bonds is 4. The molecule has 0 saturated heterocycles. The average Bonchev–Trinajstić information content (AvgIpc) is 3.04. The summed E-state index contributed by atoms with van der Waals surface area (Å²) in [5.41, 5.74) is 7.85. The lowest BCUT2D eigenvalue weighted by Gasteiger charge is -2.10. The van der Waals surface area contributed by atoms with Crippen molar-refractivity contribution in [3.05, 3.63) is 86.2 Å². The molecule has 6 nitrogen and oxygen atoms in total. The summed E-state index contributed by atoms with van der Waals surface area (Å²) in [5.74, 6) is -0.342. The van der Waals surface area contributed by atoms with E-state index in [9.17, 15) is 9.90 Å². The van der Waals surface area contributed by atoms with Crippen LogP contribution >= 0.6 is 31.9 Å². The number of hydrazone groups is 1. The van der Waals surface area contributed by atoms with Crippen LogP contribution in [-0.4, -0.2) is 26.8 Å². The number of benzene rings is 2. The molecule has 8 heteroatoms. The van der Waals surface area contributed by atoms with E-state index in [1.54, 1.807) is 12.4 Å². The highest BCUT2D eigenvalue weighted by Crippen LogP contribution is 2.33. The van der Waals surface area contributed by atoms with Gasteiger partial charge in [0.2, 0.25) is 0 Å². The Morgan fingerprint density at radius 3 is 2.61 bits per heavy atom. The van der Waals surface area contributed by atoms with Crippen molar-refractivity contribution in [3.63, 3.8) is 0 Å². The van der Waals surface area contributed by atoms with Gasteiger partial charge in [-0.3, -0.25) is 9.78 Å². The average molecular weight is 542 g/mol. The van der Waals surface area contributed by atoms with Gasteiger partial charge in [-0.15, -0.1) is 0 Å². The van der Waals surface area contributed by atoms with Crippen molar-refractivity contribution in [2.24, 2.45) is 5.10 Å². The van der Waals surface area contributed by atoms with Crippen molar-refractivity contribution >= 4 is 54.9 Å². The van der Waals surface area contributed by atoms with Crippen molar-refractivity contribution in [1.29, 1.82) is 0 Å². The molecule has 0 unspecified atom stereocenters. The third-order valence-corrected chi connectivity index (χ3v) is 6.17. The van der Waals surface area contributed by atoms with Crippen LogP contribution in [0.3, 0.4) is 0 Å². The molecule has 4 rings (SSSR count). The number of amides is 1. The Labute approximate surface area is 195 Å². The van der Waals surface area contributed by atoms with Crippen LogP contribution in [0.1, 0.15) is 27.3 Å². The van der Waals surface area contributed by atoms with E-state index >= 15 is 0 Å². The molecule has 156 valence electrons. The molecule has 0 bridgehead atoms. The molecule has 2 aromatic heterocycles. The molecule has 0 saturated carbocycles. The number of halogens is 2. The molecule has 0 atom stereocenters. The van der Waals surface area contributed by atoms with Crippen molar-refractivity contribution in [2.75, 3.05) is 0 Å². The smallest absolute Gasteiger partial charge is 0.271 e. The van der Waals surface area contributed by atoms with Crippen molar-refractivity contribution in [1.82, 2.24) is 15.0 Å².